The van der Waals surface area contributed by atoms with E-state index in [0.717, 1.165) is 53.7 Å². The van der Waals surface area contributed by atoms with Gasteiger partial charge in [-0.25, -0.2) is 0 Å². The second-order valence-corrected chi connectivity index (χ2v) is 9.04. The van der Waals surface area contributed by atoms with Crippen molar-refractivity contribution in [3.8, 4) is 17.0 Å². The van der Waals surface area contributed by atoms with Crippen LogP contribution in [0.5, 0.6) is 5.88 Å². The van der Waals surface area contributed by atoms with Crippen LogP contribution in [0.25, 0.3) is 27.8 Å². The Morgan fingerprint density at radius 1 is 1.24 bits per heavy atom. The Morgan fingerprint density at radius 3 is 2.76 bits per heavy atom. The Bertz CT molecular complexity index is 1330. The van der Waals surface area contributed by atoms with Crippen LogP contribution in [0.2, 0.25) is 0 Å². The van der Waals surface area contributed by atoms with Gasteiger partial charge in [0.1, 0.15) is 11.5 Å². The molecule has 1 aliphatic rings. The number of nitrogens with zero attached hydrogens (tertiary/aromatic N) is 5. The van der Waals surface area contributed by atoms with Crippen LogP contribution >= 0.6 is 0 Å². The van der Waals surface area contributed by atoms with E-state index in [0.29, 0.717) is 17.5 Å². The first-order chi connectivity index (χ1) is 15.8. The van der Waals surface area contributed by atoms with Crippen LogP contribution in [0.15, 0.2) is 24.5 Å². The highest BCUT2D eigenvalue weighted by molar-refractivity contribution is 5.97. The molecule has 0 unspecified atom stereocenters. The quantitative estimate of drug-likeness (QED) is 0.428. The lowest BCUT2D eigenvalue weighted by molar-refractivity contribution is -0.121. The molecule has 172 valence electrons. The lowest BCUT2D eigenvalue weighted by Gasteiger charge is -2.38. The number of carbonyl (C=O) groups excluding carboxylic acids is 1. The number of aromatic amines is 1. The maximum absolute atomic E-state index is 11.5. The second-order valence-electron chi connectivity index (χ2n) is 9.04. The number of H-pyrrole nitrogens is 1. The number of carbonyl (C=O) groups is 1. The number of anilines is 1. The van der Waals surface area contributed by atoms with E-state index in [9.17, 15) is 4.79 Å². The summed E-state index contributed by atoms with van der Waals surface area (Å²) in [5.41, 5.74) is 3.30. The van der Waals surface area contributed by atoms with E-state index in [4.69, 9.17) is 9.72 Å². The van der Waals surface area contributed by atoms with Crippen LogP contribution in [0.3, 0.4) is 0 Å². The molecule has 4 aromatic rings. The first kappa shape index (κ1) is 21.2. The van der Waals surface area contributed by atoms with Crippen molar-refractivity contribution in [2.45, 2.75) is 58.0 Å². The normalized spacial score (nSPS) is 20.8. The van der Waals surface area contributed by atoms with Gasteiger partial charge in [0.05, 0.1) is 12.5 Å². The fourth-order valence-electron chi connectivity index (χ4n) is 4.74. The van der Waals surface area contributed by atoms with Crippen molar-refractivity contribution in [2.24, 2.45) is 0 Å². The van der Waals surface area contributed by atoms with Crippen molar-refractivity contribution >= 4 is 28.5 Å². The number of rotatable bonds is 5. The van der Waals surface area contributed by atoms with Gasteiger partial charge < -0.3 is 20.4 Å². The van der Waals surface area contributed by atoms with Crippen molar-refractivity contribution in [1.29, 1.82) is 0 Å². The van der Waals surface area contributed by atoms with Crippen LogP contribution < -0.4 is 15.4 Å². The van der Waals surface area contributed by atoms with Gasteiger partial charge in [0.2, 0.25) is 17.7 Å². The van der Waals surface area contributed by atoms with Gasteiger partial charge >= 0.3 is 0 Å². The van der Waals surface area contributed by atoms with Gasteiger partial charge in [-0.3, -0.25) is 9.20 Å². The SMILES string of the molecule is COc1nc(NC2CCC(C)(NC(C)=O)CC2)nc2[nH]cc(-c3ccc4nnc(C)n4c3)c12. The Morgan fingerprint density at radius 2 is 2.03 bits per heavy atom. The van der Waals surface area contributed by atoms with Gasteiger partial charge in [0, 0.05) is 42.0 Å². The van der Waals surface area contributed by atoms with E-state index in [1.165, 1.54) is 0 Å². The summed E-state index contributed by atoms with van der Waals surface area (Å²) >= 11 is 0. The summed E-state index contributed by atoms with van der Waals surface area (Å²) in [6, 6.07) is 4.18. The van der Waals surface area contributed by atoms with Crippen LogP contribution in [0.4, 0.5) is 5.95 Å². The molecule has 10 heteroatoms. The molecular weight excluding hydrogens is 420 g/mol. The molecule has 1 aliphatic carbocycles. The molecule has 0 aliphatic heterocycles. The fourth-order valence-corrected chi connectivity index (χ4v) is 4.74. The highest BCUT2D eigenvalue weighted by Crippen LogP contribution is 2.35. The summed E-state index contributed by atoms with van der Waals surface area (Å²) in [4.78, 5) is 24.1. The number of aryl methyl sites for hydroxylation is 1. The fraction of sp³-hybridized carbons (Fsp3) is 0.435. The Balaban J connectivity index is 1.41. The monoisotopic (exact) mass is 448 g/mol. The van der Waals surface area contributed by atoms with Gasteiger partial charge in [-0.05, 0) is 51.7 Å². The topological polar surface area (TPSA) is 122 Å². The summed E-state index contributed by atoms with van der Waals surface area (Å²) in [5.74, 6) is 1.89. The molecule has 0 aromatic carbocycles. The van der Waals surface area contributed by atoms with Crippen molar-refractivity contribution in [3.63, 3.8) is 0 Å². The smallest absolute Gasteiger partial charge is 0.228 e. The summed E-state index contributed by atoms with van der Waals surface area (Å²) in [6.45, 7) is 5.60. The molecule has 5 rings (SSSR count). The third-order valence-corrected chi connectivity index (χ3v) is 6.48. The van der Waals surface area contributed by atoms with Gasteiger partial charge in [0.25, 0.3) is 0 Å². The highest BCUT2D eigenvalue weighted by Gasteiger charge is 2.32. The zero-order valence-electron chi connectivity index (χ0n) is 19.3. The highest BCUT2D eigenvalue weighted by atomic mass is 16.5. The summed E-state index contributed by atoms with van der Waals surface area (Å²) in [7, 11) is 1.62. The first-order valence-electron chi connectivity index (χ1n) is 11.2. The third kappa shape index (κ3) is 3.96. The average Bonchev–Trinajstić information content (AvgIpc) is 3.38. The average molecular weight is 449 g/mol. The molecule has 10 nitrogen and oxygen atoms in total. The van der Waals surface area contributed by atoms with Gasteiger partial charge in [-0.15, -0.1) is 10.2 Å². The first-order valence-corrected chi connectivity index (χ1v) is 11.2. The molecule has 0 atom stereocenters. The molecule has 0 saturated heterocycles. The van der Waals surface area contributed by atoms with Crippen molar-refractivity contribution in [3.05, 3.63) is 30.4 Å². The van der Waals surface area contributed by atoms with E-state index in [1.54, 1.807) is 14.0 Å². The molecule has 4 aromatic heterocycles. The van der Waals surface area contributed by atoms with Gasteiger partial charge in [-0.2, -0.15) is 9.97 Å². The van der Waals surface area contributed by atoms with E-state index >= 15 is 0 Å². The molecular formula is C23H28N8O2. The zero-order valence-corrected chi connectivity index (χ0v) is 19.3. The summed E-state index contributed by atoms with van der Waals surface area (Å²) in [6.07, 6.45) is 7.59. The Hall–Kier alpha value is -3.69. The van der Waals surface area contributed by atoms with Crippen LogP contribution in [-0.4, -0.2) is 54.1 Å². The number of ether oxygens (including phenoxy) is 1. The number of nitrogens with one attached hydrogen (secondary N) is 3. The molecule has 4 heterocycles. The number of amides is 1. The minimum Gasteiger partial charge on any atom is -0.480 e. The van der Waals surface area contributed by atoms with E-state index < -0.39 is 0 Å². The Kier molecular flexibility index (Phi) is 5.15. The molecule has 0 spiro atoms. The molecule has 33 heavy (non-hydrogen) atoms. The number of hydrogen-bond donors (Lipinski definition) is 3. The predicted octanol–water partition coefficient (Wildman–Crippen LogP) is 3.23. The minimum absolute atomic E-state index is 0.0172. The lowest BCUT2D eigenvalue weighted by Crippen LogP contribution is -2.49. The van der Waals surface area contributed by atoms with E-state index in [-0.39, 0.29) is 17.5 Å². The molecule has 0 radical (unpaired) electrons. The maximum atomic E-state index is 11.5. The largest absolute Gasteiger partial charge is 0.480 e. The van der Waals surface area contributed by atoms with Gasteiger partial charge in [0.15, 0.2) is 5.65 Å². The van der Waals surface area contributed by atoms with Crippen molar-refractivity contribution in [2.75, 3.05) is 12.4 Å². The summed E-state index contributed by atoms with van der Waals surface area (Å²) in [5, 5.41) is 15.7. The lowest BCUT2D eigenvalue weighted by atomic mass is 9.81. The molecule has 0 bridgehead atoms. The van der Waals surface area contributed by atoms with Crippen LogP contribution in [-0.2, 0) is 4.79 Å². The van der Waals surface area contributed by atoms with Crippen LogP contribution in [0.1, 0.15) is 45.4 Å². The number of fused-ring (bicyclic) bond motifs is 2. The van der Waals surface area contributed by atoms with E-state index in [1.807, 2.05) is 35.9 Å². The number of pyridine rings is 1. The minimum atomic E-state index is -0.148. The van der Waals surface area contributed by atoms with E-state index in [2.05, 4.69) is 37.7 Å². The predicted molar refractivity (Wildman–Crippen MR) is 125 cm³/mol. The number of aromatic nitrogens is 6. The maximum Gasteiger partial charge on any atom is 0.228 e. The van der Waals surface area contributed by atoms with Gasteiger partial charge in [-0.1, -0.05) is 0 Å². The third-order valence-electron chi connectivity index (χ3n) is 6.48. The number of methoxy groups -OCH3 is 1. The van der Waals surface area contributed by atoms with Crippen LogP contribution in [0, 0.1) is 6.92 Å². The standard InChI is InChI=1S/C23H28N8O2/c1-13-29-30-18-6-5-15(12-31(13)18)17-11-24-20-19(17)21(33-4)27-22(26-20)25-16-7-9-23(3,10-8-16)28-14(2)32/h5-6,11-12,16H,7-10H2,1-4H3,(H,28,32)(H2,24,25,26,27). The zero-order chi connectivity index (χ0) is 23.2. The summed E-state index contributed by atoms with van der Waals surface area (Å²) < 4.78 is 7.61. The number of hydrogen-bond acceptors (Lipinski definition) is 7. The van der Waals surface area contributed by atoms with Crippen molar-refractivity contribution < 1.29 is 9.53 Å². The molecule has 1 amide bonds. The van der Waals surface area contributed by atoms with Crippen molar-refractivity contribution in [1.82, 2.24) is 34.9 Å². The molecule has 1 fully saturated rings. The second kappa shape index (κ2) is 8.02. The Labute approximate surface area is 191 Å². The molecule has 3 N–H and O–H groups in total. The molecule has 1 saturated carbocycles.